The van der Waals surface area contributed by atoms with Gasteiger partial charge in [0.05, 0.1) is 13.0 Å². The second kappa shape index (κ2) is 7.38. The number of piperazine rings is 1. The van der Waals surface area contributed by atoms with Gasteiger partial charge in [-0.3, -0.25) is 14.4 Å². The summed E-state index contributed by atoms with van der Waals surface area (Å²) in [7, 11) is 0. The third kappa shape index (κ3) is 3.79. The maximum Gasteiger partial charge on any atom is 0.270 e. The van der Waals surface area contributed by atoms with Gasteiger partial charge in [-0.05, 0) is 17.2 Å². The normalized spacial score (nSPS) is 19.1. The van der Waals surface area contributed by atoms with Gasteiger partial charge in [-0.15, -0.1) is 0 Å². The first-order valence-electron chi connectivity index (χ1n) is 9.27. The number of hydrogen-bond acceptors (Lipinski definition) is 5. The molecule has 0 radical (unpaired) electrons. The van der Waals surface area contributed by atoms with Crippen LogP contribution in [0.3, 0.4) is 0 Å². The monoisotopic (exact) mass is 370 g/mol. The topological polar surface area (TPSA) is 91.3 Å². The van der Waals surface area contributed by atoms with Crippen molar-refractivity contribution in [2.45, 2.75) is 25.7 Å². The maximum absolute atomic E-state index is 12.6. The Bertz CT molecular complexity index is 812. The molecule has 8 nitrogen and oxygen atoms in total. The molecule has 1 aromatic rings. The summed E-state index contributed by atoms with van der Waals surface area (Å²) in [4.78, 5) is 39.7. The zero-order chi connectivity index (χ0) is 18.8. The first kappa shape index (κ1) is 17.5. The molecule has 0 atom stereocenters. The summed E-state index contributed by atoms with van der Waals surface area (Å²) in [5, 5.41) is 3.86. The number of rotatable bonds is 3. The number of nitrogens with one attached hydrogen (secondary N) is 1. The number of amides is 3. The lowest BCUT2D eigenvalue weighted by Gasteiger charge is -2.35. The fraction of sp³-hybridized carbons (Fsp3) is 0.474. The molecule has 142 valence electrons. The van der Waals surface area contributed by atoms with Crippen LogP contribution in [-0.2, 0) is 27.2 Å². The molecule has 0 bridgehead atoms. The van der Waals surface area contributed by atoms with Crippen LogP contribution in [0.25, 0.3) is 0 Å². The number of fused-ring (bicyclic) bond motifs is 1. The lowest BCUT2D eigenvalue weighted by atomic mass is 10.1. The van der Waals surface area contributed by atoms with Crippen molar-refractivity contribution in [1.29, 1.82) is 0 Å². The van der Waals surface area contributed by atoms with Gasteiger partial charge in [-0.2, -0.15) is 5.10 Å². The largest absolute Gasteiger partial charge is 0.493 e. The SMILES string of the molecule is O=C1CCC(C(=O)N2CCN(C(=O)Cc3ccc4c(c3)CCO4)CC2)=NN1. The zero-order valence-electron chi connectivity index (χ0n) is 15.1. The predicted molar refractivity (Wildman–Crippen MR) is 97.3 cm³/mol. The van der Waals surface area contributed by atoms with Gasteiger partial charge in [0.25, 0.3) is 5.91 Å². The number of carbonyl (C=O) groups is 3. The van der Waals surface area contributed by atoms with E-state index in [0.717, 1.165) is 23.3 Å². The fourth-order valence-electron chi connectivity index (χ4n) is 3.61. The molecule has 1 saturated heterocycles. The summed E-state index contributed by atoms with van der Waals surface area (Å²) in [5.41, 5.74) is 4.89. The summed E-state index contributed by atoms with van der Waals surface area (Å²) in [6.07, 6.45) is 1.91. The first-order chi connectivity index (χ1) is 13.1. The number of hydrogen-bond donors (Lipinski definition) is 1. The number of carbonyl (C=O) groups excluding carboxylic acids is 3. The molecular formula is C19H22N4O4. The summed E-state index contributed by atoms with van der Waals surface area (Å²) >= 11 is 0. The molecule has 0 aromatic heterocycles. The molecular weight excluding hydrogens is 348 g/mol. The Morgan fingerprint density at radius 1 is 1.07 bits per heavy atom. The van der Waals surface area contributed by atoms with Crippen molar-refractivity contribution in [3.63, 3.8) is 0 Å². The van der Waals surface area contributed by atoms with Crippen LogP contribution in [-0.4, -0.2) is 66.0 Å². The third-order valence-corrected chi connectivity index (χ3v) is 5.18. The van der Waals surface area contributed by atoms with E-state index in [-0.39, 0.29) is 24.1 Å². The van der Waals surface area contributed by atoms with E-state index < -0.39 is 0 Å². The minimum absolute atomic E-state index is 0.0724. The lowest BCUT2D eigenvalue weighted by molar-refractivity contribution is -0.136. The highest BCUT2D eigenvalue weighted by Gasteiger charge is 2.28. The third-order valence-electron chi connectivity index (χ3n) is 5.18. The Hall–Kier alpha value is -2.90. The van der Waals surface area contributed by atoms with E-state index in [0.29, 0.717) is 51.3 Å². The van der Waals surface area contributed by atoms with Crippen molar-refractivity contribution in [2.75, 3.05) is 32.8 Å². The number of hydrazone groups is 1. The van der Waals surface area contributed by atoms with Gasteiger partial charge < -0.3 is 14.5 Å². The fourth-order valence-corrected chi connectivity index (χ4v) is 3.61. The molecule has 3 aliphatic rings. The molecule has 3 amide bonds. The van der Waals surface area contributed by atoms with Gasteiger partial charge in [0.15, 0.2) is 0 Å². The van der Waals surface area contributed by atoms with Gasteiger partial charge >= 0.3 is 0 Å². The van der Waals surface area contributed by atoms with Gasteiger partial charge in [0, 0.05) is 45.4 Å². The average Bonchev–Trinajstić information content (AvgIpc) is 3.16. The number of benzene rings is 1. The van der Waals surface area contributed by atoms with E-state index in [1.165, 1.54) is 0 Å². The van der Waals surface area contributed by atoms with Gasteiger partial charge in [-0.1, -0.05) is 12.1 Å². The average molecular weight is 370 g/mol. The highest BCUT2D eigenvalue weighted by molar-refractivity contribution is 6.39. The van der Waals surface area contributed by atoms with Crippen LogP contribution < -0.4 is 10.2 Å². The second-order valence-electron chi connectivity index (χ2n) is 6.98. The Morgan fingerprint density at radius 3 is 2.59 bits per heavy atom. The highest BCUT2D eigenvalue weighted by Crippen LogP contribution is 2.26. The van der Waals surface area contributed by atoms with Gasteiger partial charge in [0.1, 0.15) is 11.5 Å². The van der Waals surface area contributed by atoms with E-state index in [2.05, 4.69) is 16.6 Å². The van der Waals surface area contributed by atoms with Crippen molar-refractivity contribution < 1.29 is 19.1 Å². The molecule has 1 N–H and O–H groups in total. The van der Waals surface area contributed by atoms with Gasteiger partial charge in [-0.25, -0.2) is 5.43 Å². The molecule has 0 aliphatic carbocycles. The highest BCUT2D eigenvalue weighted by atomic mass is 16.5. The predicted octanol–water partition coefficient (Wildman–Crippen LogP) is 0.101. The minimum Gasteiger partial charge on any atom is -0.493 e. The molecule has 1 fully saturated rings. The number of ether oxygens (including phenoxy) is 1. The van der Waals surface area contributed by atoms with Crippen LogP contribution in [0, 0.1) is 0 Å². The van der Waals surface area contributed by atoms with Crippen LogP contribution in [0.4, 0.5) is 0 Å². The molecule has 1 aromatic carbocycles. The Labute approximate surface area is 157 Å². The molecule has 3 aliphatic heterocycles. The standard InChI is InChI=1S/C19H22N4O4/c24-17-4-2-15(20-21-17)19(26)23-8-6-22(7-9-23)18(25)12-13-1-3-16-14(11-13)5-10-27-16/h1,3,11H,2,4-10,12H2,(H,21,24). The van der Waals surface area contributed by atoms with E-state index in [4.69, 9.17) is 4.74 Å². The Morgan fingerprint density at radius 2 is 1.85 bits per heavy atom. The summed E-state index contributed by atoms with van der Waals surface area (Å²) in [6.45, 7) is 2.69. The zero-order valence-corrected chi connectivity index (χ0v) is 15.1. The van der Waals surface area contributed by atoms with Crippen molar-refractivity contribution in [2.24, 2.45) is 5.10 Å². The summed E-state index contributed by atoms with van der Waals surface area (Å²) < 4.78 is 5.50. The second-order valence-corrected chi connectivity index (χ2v) is 6.98. The van der Waals surface area contributed by atoms with Crippen molar-refractivity contribution >= 4 is 23.4 Å². The van der Waals surface area contributed by atoms with Crippen LogP contribution >= 0.6 is 0 Å². The summed E-state index contributed by atoms with van der Waals surface area (Å²) in [5.74, 6) is 0.671. The van der Waals surface area contributed by atoms with E-state index in [1.807, 2.05) is 12.1 Å². The quantitative estimate of drug-likeness (QED) is 0.817. The minimum atomic E-state index is -0.167. The Balaban J connectivity index is 1.30. The van der Waals surface area contributed by atoms with Crippen LogP contribution in [0.5, 0.6) is 5.75 Å². The molecule has 0 unspecified atom stereocenters. The first-order valence-corrected chi connectivity index (χ1v) is 9.27. The van der Waals surface area contributed by atoms with E-state index >= 15 is 0 Å². The Kier molecular flexibility index (Phi) is 4.79. The summed E-state index contributed by atoms with van der Waals surface area (Å²) in [6, 6.07) is 5.93. The molecule has 3 heterocycles. The molecule has 0 spiro atoms. The van der Waals surface area contributed by atoms with Crippen LogP contribution in [0.15, 0.2) is 23.3 Å². The smallest absolute Gasteiger partial charge is 0.270 e. The van der Waals surface area contributed by atoms with Crippen molar-refractivity contribution in [3.05, 3.63) is 29.3 Å². The van der Waals surface area contributed by atoms with E-state index in [9.17, 15) is 14.4 Å². The molecule has 4 rings (SSSR count). The van der Waals surface area contributed by atoms with Gasteiger partial charge in [0.2, 0.25) is 11.8 Å². The van der Waals surface area contributed by atoms with Crippen LogP contribution in [0.1, 0.15) is 24.0 Å². The number of nitrogens with zero attached hydrogens (tertiary/aromatic N) is 3. The molecule has 27 heavy (non-hydrogen) atoms. The lowest BCUT2D eigenvalue weighted by Crippen LogP contribution is -2.53. The van der Waals surface area contributed by atoms with Crippen molar-refractivity contribution in [1.82, 2.24) is 15.2 Å². The maximum atomic E-state index is 12.6. The van der Waals surface area contributed by atoms with Crippen LogP contribution in [0.2, 0.25) is 0 Å². The van der Waals surface area contributed by atoms with Crippen molar-refractivity contribution in [3.8, 4) is 5.75 Å². The molecule has 0 saturated carbocycles. The molecule has 8 heteroatoms. The van der Waals surface area contributed by atoms with E-state index in [1.54, 1.807) is 9.80 Å².